The lowest BCUT2D eigenvalue weighted by molar-refractivity contribution is 0.352. The first-order valence-corrected chi connectivity index (χ1v) is 6.38. The van der Waals surface area contributed by atoms with E-state index in [4.69, 9.17) is 9.15 Å². The second-order valence-corrected chi connectivity index (χ2v) is 4.62. The number of phenols is 2. The van der Waals surface area contributed by atoms with Crippen LogP contribution in [0.5, 0.6) is 23.0 Å². The molecule has 3 N–H and O–H groups in total. The largest absolute Gasteiger partial charge is 0.504 e. The van der Waals surface area contributed by atoms with Crippen LogP contribution in [0.2, 0.25) is 0 Å². The third-order valence-corrected chi connectivity index (χ3v) is 3.33. The zero-order chi connectivity index (χ0) is 15.9. The van der Waals surface area contributed by atoms with E-state index in [0.29, 0.717) is 5.56 Å². The first-order valence-electron chi connectivity index (χ1n) is 6.38. The molecule has 3 rings (SSSR count). The van der Waals surface area contributed by atoms with Gasteiger partial charge in [0.25, 0.3) is 0 Å². The first-order chi connectivity index (χ1) is 10.5. The Morgan fingerprint density at radius 3 is 2.32 bits per heavy atom. The topological polar surface area (TPSA) is 100 Å². The number of phenolic OH excluding ortho intramolecular Hbond substituents is 2. The Morgan fingerprint density at radius 2 is 1.68 bits per heavy atom. The van der Waals surface area contributed by atoms with Gasteiger partial charge in [-0.05, 0) is 0 Å². The van der Waals surface area contributed by atoms with Crippen LogP contribution in [0.15, 0.2) is 45.6 Å². The molecule has 0 fully saturated rings. The van der Waals surface area contributed by atoms with Crippen molar-refractivity contribution in [2.45, 2.75) is 0 Å². The van der Waals surface area contributed by atoms with Crippen LogP contribution in [0.3, 0.4) is 0 Å². The van der Waals surface area contributed by atoms with Crippen molar-refractivity contribution in [3.05, 3.63) is 46.6 Å². The molecule has 6 nitrogen and oxygen atoms in total. The van der Waals surface area contributed by atoms with Gasteiger partial charge in [-0.3, -0.25) is 4.79 Å². The van der Waals surface area contributed by atoms with Crippen molar-refractivity contribution >= 4 is 11.0 Å². The molecule has 2 aromatic carbocycles. The molecular weight excluding hydrogens is 288 g/mol. The zero-order valence-electron chi connectivity index (χ0n) is 11.5. The van der Waals surface area contributed by atoms with Gasteiger partial charge in [0.05, 0.1) is 7.11 Å². The zero-order valence-corrected chi connectivity index (χ0v) is 11.5. The Kier molecular flexibility index (Phi) is 3.14. The number of methoxy groups -OCH3 is 1. The van der Waals surface area contributed by atoms with Crippen molar-refractivity contribution < 1.29 is 24.5 Å². The number of hydrogen-bond acceptors (Lipinski definition) is 6. The first kappa shape index (κ1) is 13.8. The molecule has 22 heavy (non-hydrogen) atoms. The number of hydrogen-bond donors (Lipinski definition) is 3. The lowest BCUT2D eigenvalue weighted by Crippen LogP contribution is -2.03. The van der Waals surface area contributed by atoms with Crippen molar-refractivity contribution in [1.82, 2.24) is 0 Å². The molecule has 6 heteroatoms. The number of benzene rings is 2. The molecule has 1 aromatic heterocycles. The summed E-state index contributed by atoms with van der Waals surface area (Å²) in [5.74, 6) is -1.99. The van der Waals surface area contributed by atoms with Gasteiger partial charge in [-0.15, -0.1) is 0 Å². The molecule has 0 bridgehead atoms. The highest BCUT2D eigenvalue weighted by Crippen LogP contribution is 2.42. The summed E-state index contributed by atoms with van der Waals surface area (Å²) in [7, 11) is 1.30. The maximum atomic E-state index is 12.3. The third-order valence-electron chi connectivity index (χ3n) is 3.33. The summed E-state index contributed by atoms with van der Waals surface area (Å²) < 4.78 is 10.5. The Morgan fingerprint density at radius 1 is 1.00 bits per heavy atom. The van der Waals surface area contributed by atoms with E-state index >= 15 is 0 Å². The molecule has 0 aliphatic heterocycles. The van der Waals surface area contributed by atoms with Gasteiger partial charge >= 0.3 is 0 Å². The summed E-state index contributed by atoms with van der Waals surface area (Å²) in [5, 5.41) is 29.4. The van der Waals surface area contributed by atoms with Crippen LogP contribution in [0.1, 0.15) is 0 Å². The van der Waals surface area contributed by atoms with Crippen molar-refractivity contribution in [2.75, 3.05) is 7.11 Å². The monoisotopic (exact) mass is 300 g/mol. The fraction of sp³-hybridized carbons (Fsp3) is 0.0625. The molecule has 3 aromatic rings. The minimum absolute atomic E-state index is 0.00574. The van der Waals surface area contributed by atoms with Crippen molar-refractivity contribution in [3.63, 3.8) is 0 Å². The second-order valence-electron chi connectivity index (χ2n) is 4.62. The lowest BCUT2D eigenvalue weighted by atomic mass is 10.1. The number of aromatic hydroxyl groups is 3. The van der Waals surface area contributed by atoms with Gasteiger partial charge in [0, 0.05) is 11.6 Å². The lowest BCUT2D eigenvalue weighted by Gasteiger charge is -2.10. The molecule has 0 unspecified atom stereocenters. The SMILES string of the molecule is COc1cc2oc(-c3ccccc3)c(O)c(=O)c2c(O)c1O. The smallest absolute Gasteiger partial charge is 0.238 e. The highest BCUT2D eigenvalue weighted by Gasteiger charge is 2.22. The van der Waals surface area contributed by atoms with Gasteiger partial charge in [-0.25, -0.2) is 0 Å². The van der Waals surface area contributed by atoms with Crippen LogP contribution < -0.4 is 10.2 Å². The summed E-state index contributed by atoms with van der Waals surface area (Å²) in [6, 6.07) is 9.86. The average molecular weight is 300 g/mol. The molecule has 0 radical (unpaired) electrons. The Bertz CT molecular complexity index is 912. The molecule has 112 valence electrons. The Hall–Kier alpha value is -3.15. The van der Waals surface area contributed by atoms with E-state index in [2.05, 4.69) is 0 Å². The van der Waals surface area contributed by atoms with Gasteiger partial charge in [-0.2, -0.15) is 0 Å². The predicted molar refractivity (Wildman–Crippen MR) is 79.5 cm³/mol. The molecular formula is C16H12O6. The summed E-state index contributed by atoms with van der Waals surface area (Å²) in [5.41, 5.74) is -0.338. The van der Waals surface area contributed by atoms with Crippen LogP contribution in [0.25, 0.3) is 22.3 Å². The standard InChI is InChI=1S/C16H12O6/c1-21-10-7-9-11(13(18)12(10)17)14(19)15(20)16(22-9)8-5-3-2-4-6-8/h2-7,17-18,20H,1H3. The Labute approximate surface area is 124 Å². The van der Waals surface area contributed by atoms with Crippen LogP contribution in [-0.2, 0) is 0 Å². The fourth-order valence-electron chi connectivity index (χ4n) is 2.23. The van der Waals surface area contributed by atoms with Crippen LogP contribution in [0.4, 0.5) is 0 Å². The highest BCUT2D eigenvalue weighted by molar-refractivity contribution is 5.91. The van der Waals surface area contributed by atoms with Gasteiger partial charge in [0.1, 0.15) is 11.0 Å². The van der Waals surface area contributed by atoms with Crippen LogP contribution in [0, 0.1) is 0 Å². The van der Waals surface area contributed by atoms with E-state index < -0.39 is 22.7 Å². The molecule has 0 saturated heterocycles. The van der Waals surface area contributed by atoms with Crippen molar-refractivity contribution in [1.29, 1.82) is 0 Å². The molecule has 0 atom stereocenters. The third kappa shape index (κ3) is 1.93. The fourth-order valence-corrected chi connectivity index (χ4v) is 2.23. The summed E-state index contributed by atoms with van der Waals surface area (Å²) >= 11 is 0. The van der Waals surface area contributed by atoms with E-state index in [1.54, 1.807) is 30.3 Å². The summed E-state index contributed by atoms with van der Waals surface area (Å²) in [6.07, 6.45) is 0. The number of fused-ring (bicyclic) bond motifs is 1. The van der Waals surface area contributed by atoms with Crippen LogP contribution in [-0.4, -0.2) is 22.4 Å². The Balaban J connectivity index is 2.42. The van der Waals surface area contributed by atoms with Crippen LogP contribution >= 0.6 is 0 Å². The molecule has 0 spiro atoms. The predicted octanol–water partition coefficient (Wildman–Crippen LogP) is 2.59. The molecule has 0 amide bonds. The molecule has 0 aliphatic carbocycles. The minimum atomic E-state index is -0.837. The summed E-state index contributed by atoms with van der Waals surface area (Å²) in [4.78, 5) is 12.3. The normalized spacial score (nSPS) is 10.8. The quantitative estimate of drug-likeness (QED) is 0.629. The molecule has 0 aliphatic rings. The average Bonchev–Trinajstić information content (AvgIpc) is 2.54. The number of ether oxygens (including phenoxy) is 1. The highest BCUT2D eigenvalue weighted by atomic mass is 16.5. The van der Waals surface area contributed by atoms with E-state index in [1.165, 1.54) is 13.2 Å². The second kappa shape index (κ2) is 5.00. The van der Waals surface area contributed by atoms with E-state index in [1.807, 2.05) is 0 Å². The number of rotatable bonds is 2. The van der Waals surface area contributed by atoms with Gasteiger partial charge in [0.15, 0.2) is 17.3 Å². The maximum absolute atomic E-state index is 12.3. The summed E-state index contributed by atoms with van der Waals surface area (Å²) in [6.45, 7) is 0. The van der Waals surface area contributed by atoms with Crippen molar-refractivity contribution in [2.24, 2.45) is 0 Å². The van der Waals surface area contributed by atoms with Gasteiger partial charge < -0.3 is 24.5 Å². The van der Waals surface area contributed by atoms with E-state index in [9.17, 15) is 20.1 Å². The van der Waals surface area contributed by atoms with Gasteiger partial charge in [-0.1, -0.05) is 30.3 Å². The molecule has 0 saturated carbocycles. The van der Waals surface area contributed by atoms with Crippen molar-refractivity contribution in [3.8, 4) is 34.3 Å². The van der Waals surface area contributed by atoms with E-state index in [0.717, 1.165) is 0 Å². The molecule has 1 heterocycles. The minimum Gasteiger partial charge on any atom is -0.504 e. The maximum Gasteiger partial charge on any atom is 0.238 e. The van der Waals surface area contributed by atoms with E-state index in [-0.39, 0.29) is 22.5 Å². The van der Waals surface area contributed by atoms with Gasteiger partial charge in [0.2, 0.25) is 16.9 Å².